The summed E-state index contributed by atoms with van der Waals surface area (Å²) < 4.78 is 6.07. The Hall–Kier alpha value is -2.87. The van der Waals surface area contributed by atoms with Crippen LogP contribution in [0.25, 0.3) is 0 Å². The fourth-order valence-electron chi connectivity index (χ4n) is 2.80. The Balaban J connectivity index is 1.70. The quantitative estimate of drug-likeness (QED) is 0.737. The van der Waals surface area contributed by atoms with Gasteiger partial charge in [0.2, 0.25) is 5.91 Å². The predicted octanol–water partition coefficient (Wildman–Crippen LogP) is 3.17. The second-order valence-corrected chi connectivity index (χ2v) is 7.01. The number of methoxy groups -OCH3 is 1. The smallest absolute Gasteiger partial charge is 0.332 e. The van der Waals surface area contributed by atoms with Crippen LogP contribution in [0.4, 0.5) is 16.2 Å². The first-order valence-corrected chi connectivity index (χ1v) is 9.00. The van der Waals surface area contributed by atoms with Crippen LogP contribution in [0.1, 0.15) is 5.56 Å². The van der Waals surface area contributed by atoms with Crippen molar-refractivity contribution in [1.29, 1.82) is 0 Å². The number of urea groups is 1. The summed E-state index contributed by atoms with van der Waals surface area (Å²) in [6, 6.07) is 11.7. The number of nitrogens with zero attached hydrogens (tertiary/aromatic N) is 2. The van der Waals surface area contributed by atoms with Crippen LogP contribution in [-0.2, 0) is 9.59 Å². The maximum Gasteiger partial charge on any atom is 0.332 e. The fraction of sp³-hybridized carbons (Fsp3) is 0.211. The van der Waals surface area contributed by atoms with Crippen LogP contribution in [0, 0.1) is 6.92 Å². The summed E-state index contributed by atoms with van der Waals surface area (Å²) in [6.07, 6.45) is 0. The number of halogens is 1. The molecule has 2 aromatic rings. The van der Waals surface area contributed by atoms with Gasteiger partial charge in [-0.15, -0.1) is 0 Å². The average Bonchev–Trinajstić information content (AvgIpc) is 2.89. The van der Waals surface area contributed by atoms with Gasteiger partial charge in [-0.3, -0.25) is 9.59 Å². The molecule has 0 bridgehead atoms. The highest BCUT2D eigenvalue weighted by atomic mass is 79.9. The van der Waals surface area contributed by atoms with Gasteiger partial charge in [0.15, 0.2) is 0 Å². The highest BCUT2D eigenvalue weighted by Crippen LogP contribution is 2.26. The first-order chi connectivity index (χ1) is 12.9. The number of benzene rings is 2. The number of aryl methyl sites for hydroxylation is 1. The first kappa shape index (κ1) is 18.9. The van der Waals surface area contributed by atoms with Crippen LogP contribution in [-0.4, -0.2) is 42.9 Å². The average molecular weight is 432 g/mol. The summed E-state index contributed by atoms with van der Waals surface area (Å²) in [6.45, 7) is 1.52. The van der Waals surface area contributed by atoms with E-state index in [0.717, 1.165) is 14.9 Å². The largest absolute Gasteiger partial charge is 0.495 e. The standard InChI is InChI=1S/C19H18BrN3O4/c1-12-3-8-16(27-2)15(9-12)21-17(24)10-22-11-18(25)23(19(22)26)14-6-4-13(20)5-7-14/h3-9H,10-11H2,1-2H3,(H,21,24). The molecule has 0 radical (unpaired) electrons. The molecule has 2 aromatic carbocycles. The third-order valence-electron chi connectivity index (χ3n) is 4.09. The Morgan fingerprint density at radius 1 is 1.19 bits per heavy atom. The number of hydrogen-bond donors (Lipinski definition) is 1. The normalized spacial score (nSPS) is 13.9. The molecular formula is C19H18BrN3O4. The fourth-order valence-corrected chi connectivity index (χ4v) is 3.06. The lowest BCUT2D eigenvalue weighted by Crippen LogP contribution is -2.37. The second-order valence-electron chi connectivity index (χ2n) is 6.10. The lowest BCUT2D eigenvalue weighted by molar-refractivity contribution is -0.118. The Morgan fingerprint density at radius 2 is 1.89 bits per heavy atom. The van der Waals surface area contributed by atoms with E-state index in [-0.39, 0.29) is 19.0 Å². The topological polar surface area (TPSA) is 79.0 Å². The lowest BCUT2D eigenvalue weighted by Gasteiger charge is -2.17. The summed E-state index contributed by atoms with van der Waals surface area (Å²) in [5.74, 6) is -0.254. The minimum absolute atomic E-state index is 0.146. The van der Waals surface area contributed by atoms with Gasteiger partial charge in [-0.1, -0.05) is 22.0 Å². The van der Waals surface area contributed by atoms with Crippen molar-refractivity contribution in [3.05, 3.63) is 52.5 Å². The molecule has 1 N–H and O–H groups in total. The molecule has 1 saturated heterocycles. The van der Waals surface area contributed by atoms with Gasteiger partial charge in [-0.05, 0) is 48.9 Å². The predicted molar refractivity (Wildman–Crippen MR) is 105 cm³/mol. The van der Waals surface area contributed by atoms with Crippen molar-refractivity contribution in [2.75, 3.05) is 30.4 Å². The van der Waals surface area contributed by atoms with Gasteiger partial charge in [-0.2, -0.15) is 0 Å². The summed E-state index contributed by atoms with van der Waals surface area (Å²) in [4.78, 5) is 39.5. The SMILES string of the molecule is COc1ccc(C)cc1NC(=O)CN1CC(=O)N(c2ccc(Br)cc2)C1=O. The molecule has 0 aromatic heterocycles. The van der Waals surface area contributed by atoms with Crippen LogP contribution < -0.4 is 15.0 Å². The van der Waals surface area contributed by atoms with Gasteiger partial charge in [-0.25, -0.2) is 9.69 Å². The van der Waals surface area contributed by atoms with Crippen molar-refractivity contribution in [2.45, 2.75) is 6.92 Å². The van der Waals surface area contributed by atoms with Gasteiger partial charge in [0.05, 0.1) is 18.5 Å². The molecule has 7 nitrogen and oxygen atoms in total. The van der Waals surface area contributed by atoms with E-state index in [1.54, 1.807) is 36.4 Å². The van der Waals surface area contributed by atoms with E-state index in [0.29, 0.717) is 17.1 Å². The number of rotatable bonds is 5. The summed E-state index contributed by atoms with van der Waals surface area (Å²) in [5, 5.41) is 2.73. The molecule has 1 aliphatic heterocycles. The lowest BCUT2D eigenvalue weighted by atomic mass is 10.2. The van der Waals surface area contributed by atoms with Gasteiger partial charge >= 0.3 is 6.03 Å². The maximum absolute atomic E-state index is 12.6. The highest BCUT2D eigenvalue weighted by Gasteiger charge is 2.38. The minimum atomic E-state index is -0.520. The molecule has 1 fully saturated rings. The molecule has 0 saturated carbocycles. The van der Waals surface area contributed by atoms with Crippen LogP contribution >= 0.6 is 15.9 Å². The Labute approximate surface area is 165 Å². The minimum Gasteiger partial charge on any atom is -0.495 e. The molecule has 1 aliphatic rings. The van der Waals surface area contributed by atoms with Crippen molar-refractivity contribution < 1.29 is 19.1 Å². The van der Waals surface area contributed by atoms with Gasteiger partial charge in [0, 0.05) is 4.47 Å². The van der Waals surface area contributed by atoms with Crippen LogP contribution in [0.15, 0.2) is 46.9 Å². The van der Waals surface area contributed by atoms with Crippen LogP contribution in [0.2, 0.25) is 0 Å². The molecule has 140 valence electrons. The number of ether oxygens (including phenoxy) is 1. The van der Waals surface area contributed by atoms with Crippen molar-refractivity contribution in [2.24, 2.45) is 0 Å². The third kappa shape index (κ3) is 4.11. The van der Waals surface area contributed by atoms with E-state index in [1.807, 2.05) is 13.0 Å². The number of anilines is 2. The molecular weight excluding hydrogens is 414 g/mol. The molecule has 3 rings (SSSR count). The van der Waals surface area contributed by atoms with E-state index < -0.39 is 11.9 Å². The van der Waals surface area contributed by atoms with Gasteiger partial charge in [0.1, 0.15) is 18.8 Å². The molecule has 0 spiro atoms. The number of carbonyl (C=O) groups excluding carboxylic acids is 3. The molecule has 1 heterocycles. The van der Waals surface area contributed by atoms with Crippen molar-refractivity contribution in [1.82, 2.24) is 4.90 Å². The third-order valence-corrected chi connectivity index (χ3v) is 4.61. The van der Waals surface area contributed by atoms with Crippen LogP contribution in [0.3, 0.4) is 0 Å². The van der Waals surface area contributed by atoms with E-state index in [2.05, 4.69) is 21.2 Å². The van der Waals surface area contributed by atoms with Crippen LogP contribution in [0.5, 0.6) is 5.75 Å². The number of imide groups is 1. The molecule has 0 unspecified atom stereocenters. The molecule has 4 amide bonds. The zero-order chi connectivity index (χ0) is 19.6. The van der Waals surface area contributed by atoms with Gasteiger partial charge < -0.3 is 15.0 Å². The van der Waals surface area contributed by atoms with Crippen molar-refractivity contribution >= 4 is 45.2 Å². The highest BCUT2D eigenvalue weighted by molar-refractivity contribution is 9.10. The van der Waals surface area contributed by atoms with E-state index in [9.17, 15) is 14.4 Å². The number of hydrogen-bond acceptors (Lipinski definition) is 4. The van der Waals surface area contributed by atoms with E-state index in [4.69, 9.17) is 4.74 Å². The van der Waals surface area contributed by atoms with E-state index >= 15 is 0 Å². The van der Waals surface area contributed by atoms with Crippen molar-refractivity contribution in [3.63, 3.8) is 0 Å². The number of amides is 4. The Kier molecular flexibility index (Phi) is 5.46. The van der Waals surface area contributed by atoms with Gasteiger partial charge in [0.25, 0.3) is 5.91 Å². The van der Waals surface area contributed by atoms with E-state index in [1.165, 1.54) is 12.0 Å². The summed E-state index contributed by atoms with van der Waals surface area (Å²) >= 11 is 3.32. The second kappa shape index (κ2) is 7.79. The molecule has 0 aliphatic carbocycles. The molecule has 27 heavy (non-hydrogen) atoms. The van der Waals surface area contributed by atoms with Crippen molar-refractivity contribution in [3.8, 4) is 5.75 Å². The summed E-state index contributed by atoms with van der Waals surface area (Å²) in [5.41, 5.74) is 1.95. The summed E-state index contributed by atoms with van der Waals surface area (Å²) in [7, 11) is 1.51. The zero-order valence-corrected chi connectivity index (χ0v) is 16.4. The Morgan fingerprint density at radius 3 is 2.56 bits per heavy atom. The first-order valence-electron chi connectivity index (χ1n) is 8.21. The molecule has 8 heteroatoms. The monoisotopic (exact) mass is 431 g/mol. The number of nitrogens with one attached hydrogen (secondary N) is 1. The number of carbonyl (C=O) groups is 3. The zero-order valence-electron chi connectivity index (χ0n) is 14.9. The Bertz CT molecular complexity index is 898. The molecule has 0 atom stereocenters. The maximum atomic E-state index is 12.6.